The SMILES string of the molecule is COCc1ccccc1CN=C(N)Nc1ccc(C)c(C)c1. The van der Waals surface area contributed by atoms with Gasteiger partial charge in [-0.25, -0.2) is 4.99 Å². The maximum absolute atomic E-state index is 5.97. The van der Waals surface area contributed by atoms with Gasteiger partial charge in [-0.05, 0) is 48.2 Å². The summed E-state index contributed by atoms with van der Waals surface area (Å²) in [6.45, 7) is 5.28. The molecule has 116 valence electrons. The highest BCUT2D eigenvalue weighted by Gasteiger charge is 2.02. The van der Waals surface area contributed by atoms with Crippen LogP contribution < -0.4 is 11.1 Å². The Morgan fingerprint density at radius 3 is 2.50 bits per heavy atom. The molecule has 0 radical (unpaired) electrons. The first-order valence-electron chi connectivity index (χ1n) is 7.30. The molecule has 0 heterocycles. The summed E-state index contributed by atoms with van der Waals surface area (Å²) in [7, 11) is 1.69. The van der Waals surface area contributed by atoms with Gasteiger partial charge in [-0.2, -0.15) is 0 Å². The molecule has 0 spiro atoms. The molecule has 2 aromatic carbocycles. The lowest BCUT2D eigenvalue weighted by atomic mass is 10.1. The van der Waals surface area contributed by atoms with Gasteiger partial charge in [0.15, 0.2) is 5.96 Å². The van der Waals surface area contributed by atoms with Crippen molar-refractivity contribution in [3.05, 3.63) is 64.7 Å². The van der Waals surface area contributed by atoms with Gasteiger partial charge in [0, 0.05) is 12.8 Å². The van der Waals surface area contributed by atoms with Crippen LogP contribution in [-0.2, 0) is 17.9 Å². The van der Waals surface area contributed by atoms with Gasteiger partial charge >= 0.3 is 0 Å². The van der Waals surface area contributed by atoms with Crippen molar-refractivity contribution in [2.75, 3.05) is 12.4 Å². The second-order valence-electron chi connectivity index (χ2n) is 5.33. The summed E-state index contributed by atoms with van der Waals surface area (Å²) in [6, 6.07) is 14.2. The molecular formula is C18H23N3O. The quantitative estimate of drug-likeness (QED) is 0.657. The molecule has 4 heteroatoms. The maximum Gasteiger partial charge on any atom is 0.193 e. The third-order valence-electron chi connectivity index (χ3n) is 3.62. The topological polar surface area (TPSA) is 59.6 Å². The number of hydrogen-bond donors (Lipinski definition) is 2. The molecule has 0 bridgehead atoms. The lowest BCUT2D eigenvalue weighted by Gasteiger charge is -2.09. The van der Waals surface area contributed by atoms with Crippen LogP contribution in [0.25, 0.3) is 0 Å². The summed E-state index contributed by atoms with van der Waals surface area (Å²) in [4.78, 5) is 4.41. The summed E-state index contributed by atoms with van der Waals surface area (Å²) in [5.41, 5.74) is 11.7. The van der Waals surface area contributed by atoms with Crippen LogP contribution in [0.15, 0.2) is 47.5 Å². The van der Waals surface area contributed by atoms with Gasteiger partial charge in [-0.3, -0.25) is 0 Å². The van der Waals surface area contributed by atoms with Crippen LogP contribution in [0.4, 0.5) is 5.69 Å². The fraction of sp³-hybridized carbons (Fsp3) is 0.278. The van der Waals surface area contributed by atoms with E-state index < -0.39 is 0 Å². The Balaban J connectivity index is 2.05. The Labute approximate surface area is 132 Å². The van der Waals surface area contributed by atoms with E-state index in [1.807, 2.05) is 30.3 Å². The Morgan fingerprint density at radius 2 is 1.82 bits per heavy atom. The van der Waals surface area contributed by atoms with E-state index in [1.165, 1.54) is 11.1 Å². The van der Waals surface area contributed by atoms with E-state index in [9.17, 15) is 0 Å². The number of aryl methyl sites for hydroxylation is 2. The molecule has 0 aliphatic heterocycles. The van der Waals surface area contributed by atoms with Crippen molar-refractivity contribution in [3.63, 3.8) is 0 Å². The summed E-state index contributed by atoms with van der Waals surface area (Å²) in [5.74, 6) is 0.412. The number of rotatable bonds is 5. The first-order valence-corrected chi connectivity index (χ1v) is 7.30. The van der Waals surface area contributed by atoms with Crippen LogP contribution in [-0.4, -0.2) is 13.1 Å². The van der Waals surface area contributed by atoms with Crippen molar-refractivity contribution in [1.29, 1.82) is 0 Å². The lowest BCUT2D eigenvalue weighted by molar-refractivity contribution is 0.184. The molecule has 0 saturated heterocycles. The highest BCUT2D eigenvalue weighted by molar-refractivity contribution is 5.92. The zero-order valence-electron chi connectivity index (χ0n) is 13.4. The van der Waals surface area contributed by atoms with Gasteiger partial charge in [-0.15, -0.1) is 0 Å². The second-order valence-corrected chi connectivity index (χ2v) is 5.33. The average Bonchev–Trinajstić information content (AvgIpc) is 2.50. The van der Waals surface area contributed by atoms with Gasteiger partial charge in [0.2, 0.25) is 0 Å². The van der Waals surface area contributed by atoms with Gasteiger partial charge in [0.1, 0.15) is 0 Å². The van der Waals surface area contributed by atoms with Crippen molar-refractivity contribution < 1.29 is 4.74 Å². The first-order chi connectivity index (χ1) is 10.6. The number of methoxy groups -OCH3 is 1. The fourth-order valence-corrected chi connectivity index (χ4v) is 2.18. The van der Waals surface area contributed by atoms with E-state index in [0.29, 0.717) is 19.1 Å². The zero-order chi connectivity index (χ0) is 15.9. The van der Waals surface area contributed by atoms with E-state index in [0.717, 1.165) is 16.8 Å². The molecule has 0 atom stereocenters. The standard InChI is InChI=1S/C18H23N3O/c1-13-8-9-17(10-14(13)2)21-18(19)20-11-15-6-4-5-7-16(15)12-22-3/h4-10H,11-12H2,1-3H3,(H3,19,20,21). The van der Waals surface area contributed by atoms with Crippen LogP contribution in [0.3, 0.4) is 0 Å². The molecule has 4 nitrogen and oxygen atoms in total. The Morgan fingerprint density at radius 1 is 1.09 bits per heavy atom. The monoisotopic (exact) mass is 297 g/mol. The van der Waals surface area contributed by atoms with Crippen molar-refractivity contribution in [2.24, 2.45) is 10.7 Å². The van der Waals surface area contributed by atoms with Crippen LogP contribution >= 0.6 is 0 Å². The number of hydrogen-bond acceptors (Lipinski definition) is 2. The van der Waals surface area contributed by atoms with Crippen molar-refractivity contribution in [2.45, 2.75) is 27.0 Å². The molecule has 0 aliphatic rings. The number of guanidine groups is 1. The molecule has 2 aromatic rings. The second kappa shape index (κ2) is 7.61. The Kier molecular flexibility index (Phi) is 5.55. The van der Waals surface area contributed by atoms with Crippen LogP contribution in [0.2, 0.25) is 0 Å². The minimum absolute atomic E-state index is 0.412. The van der Waals surface area contributed by atoms with E-state index in [1.54, 1.807) is 7.11 Å². The number of nitrogens with two attached hydrogens (primary N) is 1. The largest absolute Gasteiger partial charge is 0.380 e. The number of anilines is 1. The van der Waals surface area contributed by atoms with Gasteiger partial charge in [0.05, 0.1) is 13.2 Å². The van der Waals surface area contributed by atoms with Crippen molar-refractivity contribution in [1.82, 2.24) is 0 Å². The summed E-state index contributed by atoms with van der Waals surface area (Å²) in [6.07, 6.45) is 0. The normalized spacial score (nSPS) is 11.5. The van der Waals surface area contributed by atoms with Gasteiger partial charge in [0.25, 0.3) is 0 Å². The summed E-state index contributed by atoms with van der Waals surface area (Å²) in [5, 5.41) is 3.13. The molecule has 3 N–H and O–H groups in total. The molecule has 0 aromatic heterocycles. The number of ether oxygens (including phenoxy) is 1. The van der Waals surface area contributed by atoms with E-state index in [-0.39, 0.29) is 0 Å². The fourth-order valence-electron chi connectivity index (χ4n) is 2.18. The highest BCUT2D eigenvalue weighted by Crippen LogP contribution is 2.14. The van der Waals surface area contributed by atoms with Crippen LogP contribution in [0.1, 0.15) is 22.3 Å². The highest BCUT2D eigenvalue weighted by atomic mass is 16.5. The van der Waals surface area contributed by atoms with Crippen LogP contribution in [0.5, 0.6) is 0 Å². The average molecular weight is 297 g/mol. The molecule has 0 aliphatic carbocycles. The van der Waals surface area contributed by atoms with E-state index in [4.69, 9.17) is 10.5 Å². The molecule has 0 amide bonds. The van der Waals surface area contributed by atoms with Crippen LogP contribution in [0, 0.1) is 13.8 Å². The smallest absolute Gasteiger partial charge is 0.193 e. The number of nitrogens with zero attached hydrogens (tertiary/aromatic N) is 1. The van der Waals surface area contributed by atoms with Gasteiger partial charge < -0.3 is 15.8 Å². The summed E-state index contributed by atoms with van der Waals surface area (Å²) >= 11 is 0. The lowest BCUT2D eigenvalue weighted by Crippen LogP contribution is -2.22. The van der Waals surface area contributed by atoms with Crippen molar-refractivity contribution >= 4 is 11.6 Å². The minimum atomic E-state index is 0.412. The Hall–Kier alpha value is -2.33. The first kappa shape index (κ1) is 16.0. The zero-order valence-corrected chi connectivity index (χ0v) is 13.4. The number of benzene rings is 2. The maximum atomic E-state index is 5.97. The molecule has 0 unspecified atom stereocenters. The molecule has 0 saturated carbocycles. The number of aliphatic imine (C=N–C) groups is 1. The molecular weight excluding hydrogens is 274 g/mol. The minimum Gasteiger partial charge on any atom is -0.380 e. The predicted octanol–water partition coefficient (Wildman–Crippen LogP) is 3.38. The molecule has 22 heavy (non-hydrogen) atoms. The number of nitrogens with one attached hydrogen (secondary N) is 1. The third kappa shape index (κ3) is 4.33. The van der Waals surface area contributed by atoms with Gasteiger partial charge in [-0.1, -0.05) is 30.3 Å². The summed E-state index contributed by atoms with van der Waals surface area (Å²) < 4.78 is 5.20. The van der Waals surface area contributed by atoms with E-state index in [2.05, 4.69) is 36.3 Å². The molecule has 0 fully saturated rings. The Bertz CT molecular complexity index is 665. The van der Waals surface area contributed by atoms with Crippen molar-refractivity contribution in [3.8, 4) is 0 Å². The van der Waals surface area contributed by atoms with E-state index >= 15 is 0 Å². The molecule has 2 rings (SSSR count). The third-order valence-corrected chi connectivity index (χ3v) is 3.62. The predicted molar refractivity (Wildman–Crippen MR) is 92.0 cm³/mol.